The van der Waals surface area contributed by atoms with E-state index in [1.807, 2.05) is 0 Å². The Labute approximate surface area is 140 Å². The van der Waals surface area contributed by atoms with Crippen molar-refractivity contribution < 1.29 is 27.6 Å². The summed E-state index contributed by atoms with van der Waals surface area (Å²) in [7, 11) is 1.41. The lowest BCUT2D eigenvalue weighted by molar-refractivity contribution is -0.734. The molecule has 0 aliphatic heterocycles. The molecule has 0 spiro atoms. The van der Waals surface area contributed by atoms with Crippen LogP contribution in [0.15, 0.2) is 53.5 Å². The summed E-state index contributed by atoms with van der Waals surface area (Å²) >= 11 is 0. The first-order valence-electron chi connectivity index (χ1n) is 7.27. The van der Waals surface area contributed by atoms with E-state index in [1.165, 1.54) is 43.6 Å². The second kappa shape index (κ2) is 6.12. The molecule has 0 unspecified atom stereocenters. The summed E-state index contributed by atoms with van der Waals surface area (Å²) in [5, 5.41) is 12.7. The number of fused-ring (bicyclic) bond motifs is 1. The van der Waals surface area contributed by atoms with Crippen LogP contribution < -0.4 is 20.0 Å². The van der Waals surface area contributed by atoms with E-state index < -0.39 is 24.2 Å². The minimum atomic E-state index is -4.61. The van der Waals surface area contributed by atoms with Crippen molar-refractivity contribution in [2.45, 2.75) is 12.7 Å². The molecule has 0 amide bonds. The molecule has 8 heteroatoms. The third-order valence-corrected chi connectivity index (χ3v) is 3.70. The lowest BCUT2D eigenvalue weighted by Crippen LogP contribution is -2.48. The summed E-state index contributed by atoms with van der Waals surface area (Å²) in [5.74, 6) is -0.612. The summed E-state index contributed by atoms with van der Waals surface area (Å²) in [4.78, 5) is 12.7. The average Bonchev–Trinajstić information content (AvgIpc) is 2.58. The van der Waals surface area contributed by atoms with Gasteiger partial charge in [-0.3, -0.25) is 0 Å². The number of halogens is 3. The number of nitrogens with zero attached hydrogens (tertiary/aromatic N) is 2. The Kier molecular flexibility index (Phi) is 4.12. The van der Waals surface area contributed by atoms with Crippen molar-refractivity contribution in [1.29, 1.82) is 0 Å². The SMILES string of the molecule is COc1cccc(-c2c([O-])[n+](CC(F)(F)F)c3ccccn3c2=O)c1. The molecule has 0 atom stereocenters. The van der Waals surface area contributed by atoms with Gasteiger partial charge in [-0.25, -0.2) is 9.36 Å². The van der Waals surface area contributed by atoms with Gasteiger partial charge in [-0.15, -0.1) is 0 Å². The van der Waals surface area contributed by atoms with E-state index in [1.54, 1.807) is 12.1 Å². The standard InChI is InChI=1S/C17H13F3N2O3/c1-25-12-6-4-5-11(9-12)14-15(23)21-8-3-2-7-13(21)22(16(14)24)10-17(18,19)20/h2-9H,10H2,1H3. The highest BCUT2D eigenvalue weighted by atomic mass is 19.4. The van der Waals surface area contributed by atoms with E-state index in [4.69, 9.17) is 4.74 Å². The molecular formula is C17H13F3N2O3. The van der Waals surface area contributed by atoms with Crippen molar-refractivity contribution in [1.82, 2.24) is 4.40 Å². The third kappa shape index (κ3) is 3.15. The number of hydrogen-bond acceptors (Lipinski definition) is 3. The van der Waals surface area contributed by atoms with Crippen LogP contribution in [0.5, 0.6) is 11.6 Å². The molecule has 2 aromatic heterocycles. The van der Waals surface area contributed by atoms with Gasteiger partial charge in [0.15, 0.2) is 6.54 Å². The van der Waals surface area contributed by atoms with Crippen molar-refractivity contribution in [3.8, 4) is 22.8 Å². The first kappa shape index (κ1) is 16.8. The molecule has 5 nitrogen and oxygen atoms in total. The summed E-state index contributed by atoms with van der Waals surface area (Å²) < 4.78 is 45.4. The van der Waals surface area contributed by atoms with Gasteiger partial charge in [0.25, 0.3) is 5.65 Å². The number of pyridine rings is 1. The Morgan fingerprint density at radius 3 is 2.64 bits per heavy atom. The molecule has 0 bridgehead atoms. The maximum absolute atomic E-state index is 12.9. The molecule has 0 saturated carbocycles. The molecule has 0 N–H and O–H groups in total. The van der Waals surface area contributed by atoms with Crippen molar-refractivity contribution in [2.24, 2.45) is 0 Å². The van der Waals surface area contributed by atoms with Crippen molar-refractivity contribution >= 4 is 5.65 Å². The highest BCUT2D eigenvalue weighted by Crippen LogP contribution is 2.26. The van der Waals surface area contributed by atoms with Crippen LogP contribution >= 0.6 is 0 Å². The lowest BCUT2D eigenvalue weighted by Gasteiger charge is -2.18. The normalized spacial score (nSPS) is 11.7. The largest absolute Gasteiger partial charge is 0.842 e. The van der Waals surface area contributed by atoms with Gasteiger partial charge in [0, 0.05) is 6.07 Å². The van der Waals surface area contributed by atoms with Crippen LogP contribution in [0.3, 0.4) is 0 Å². The fourth-order valence-electron chi connectivity index (χ4n) is 2.63. The fourth-order valence-corrected chi connectivity index (χ4v) is 2.63. The fraction of sp³-hybridized carbons (Fsp3) is 0.176. The Bertz CT molecular complexity index is 997. The highest BCUT2D eigenvalue weighted by molar-refractivity contribution is 5.68. The zero-order valence-corrected chi connectivity index (χ0v) is 13.1. The zero-order valence-electron chi connectivity index (χ0n) is 13.1. The molecule has 3 aromatic rings. The molecule has 25 heavy (non-hydrogen) atoms. The minimum Gasteiger partial charge on any atom is -0.842 e. The van der Waals surface area contributed by atoms with E-state index in [2.05, 4.69) is 0 Å². The first-order chi connectivity index (χ1) is 11.8. The maximum atomic E-state index is 12.9. The van der Waals surface area contributed by atoms with Crippen LogP contribution in [-0.2, 0) is 6.54 Å². The van der Waals surface area contributed by atoms with Gasteiger partial charge in [-0.1, -0.05) is 18.2 Å². The Hall–Kier alpha value is -3.03. The number of hydrogen-bond donors (Lipinski definition) is 0. The molecule has 2 heterocycles. The predicted octanol–water partition coefficient (Wildman–Crippen LogP) is 1.90. The Balaban J connectivity index is 2.37. The van der Waals surface area contributed by atoms with Gasteiger partial charge < -0.3 is 9.84 Å². The molecule has 0 radical (unpaired) electrons. The smallest absolute Gasteiger partial charge is 0.426 e. The van der Waals surface area contributed by atoms with E-state index in [-0.39, 0.29) is 16.8 Å². The second-order valence-corrected chi connectivity index (χ2v) is 5.35. The maximum Gasteiger partial charge on any atom is 0.426 e. The molecule has 1 aromatic carbocycles. The first-order valence-corrected chi connectivity index (χ1v) is 7.27. The van der Waals surface area contributed by atoms with E-state index in [0.717, 1.165) is 4.40 Å². The molecule has 0 saturated heterocycles. The van der Waals surface area contributed by atoms with Crippen molar-refractivity contribution in [3.63, 3.8) is 0 Å². The summed E-state index contributed by atoms with van der Waals surface area (Å²) in [5.41, 5.74) is -0.955. The third-order valence-electron chi connectivity index (χ3n) is 3.70. The van der Waals surface area contributed by atoms with E-state index in [0.29, 0.717) is 10.3 Å². The quantitative estimate of drug-likeness (QED) is 0.678. The van der Waals surface area contributed by atoms with Gasteiger partial charge in [-0.2, -0.15) is 17.6 Å². The van der Waals surface area contributed by atoms with Crippen LogP contribution in [0.2, 0.25) is 0 Å². The van der Waals surface area contributed by atoms with Crippen LogP contribution in [0.4, 0.5) is 13.2 Å². The molecule has 130 valence electrons. The average molecular weight is 350 g/mol. The highest BCUT2D eigenvalue weighted by Gasteiger charge is 2.33. The van der Waals surface area contributed by atoms with Crippen molar-refractivity contribution in [3.05, 3.63) is 59.0 Å². The number of benzene rings is 1. The zero-order chi connectivity index (χ0) is 18.2. The van der Waals surface area contributed by atoms with Crippen molar-refractivity contribution in [2.75, 3.05) is 7.11 Å². The molecular weight excluding hydrogens is 337 g/mol. The number of ether oxygens (including phenoxy) is 1. The van der Waals surface area contributed by atoms with Gasteiger partial charge in [0.2, 0.25) is 0 Å². The summed E-state index contributed by atoms with van der Waals surface area (Å²) in [6, 6.07) is 10.3. The van der Waals surface area contributed by atoms with Crippen LogP contribution in [0.1, 0.15) is 0 Å². The van der Waals surface area contributed by atoms with Crippen LogP contribution in [0.25, 0.3) is 16.8 Å². The van der Waals surface area contributed by atoms with Gasteiger partial charge >= 0.3 is 11.7 Å². The molecule has 3 rings (SSSR count). The predicted molar refractivity (Wildman–Crippen MR) is 81.4 cm³/mol. The monoisotopic (exact) mass is 350 g/mol. The minimum absolute atomic E-state index is 0.124. The number of methoxy groups -OCH3 is 1. The number of rotatable bonds is 3. The molecule has 0 aliphatic carbocycles. The van der Waals surface area contributed by atoms with Gasteiger partial charge in [0.05, 0.1) is 19.2 Å². The second-order valence-electron chi connectivity index (χ2n) is 5.35. The lowest BCUT2D eigenvalue weighted by atomic mass is 10.1. The Morgan fingerprint density at radius 1 is 1.20 bits per heavy atom. The molecule has 0 aliphatic rings. The van der Waals surface area contributed by atoms with Gasteiger partial charge in [0.1, 0.15) is 11.3 Å². The number of aromatic nitrogens is 2. The van der Waals surface area contributed by atoms with Gasteiger partial charge in [-0.05, 0) is 23.8 Å². The van der Waals surface area contributed by atoms with E-state index in [9.17, 15) is 23.1 Å². The van der Waals surface area contributed by atoms with Crippen LogP contribution in [0, 0.1) is 0 Å². The topological polar surface area (TPSA) is 57.6 Å². The number of alkyl halides is 3. The Morgan fingerprint density at radius 2 is 1.96 bits per heavy atom. The summed E-state index contributed by atoms with van der Waals surface area (Å²) in [6.45, 7) is -1.49. The summed E-state index contributed by atoms with van der Waals surface area (Å²) in [6.07, 6.45) is -3.28. The van der Waals surface area contributed by atoms with E-state index >= 15 is 0 Å². The molecule has 0 fully saturated rings. The van der Waals surface area contributed by atoms with Crippen LogP contribution in [-0.4, -0.2) is 17.7 Å².